The van der Waals surface area contributed by atoms with E-state index in [0.717, 1.165) is 16.3 Å². The summed E-state index contributed by atoms with van der Waals surface area (Å²) in [6.45, 7) is 1.81. The van der Waals surface area contributed by atoms with Crippen LogP contribution in [0.5, 0.6) is 0 Å². The Hall–Kier alpha value is -2.85. The minimum atomic E-state index is -0.728. The molecule has 120 valence electrons. The van der Waals surface area contributed by atoms with Crippen LogP contribution in [0.25, 0.3) is 10.8 Å². The highest BCUT2D eigenvalue weighted by atomic mass is 35.5. The summed E-state index contributed by atoms with van der Waals surface area (Å²) >= 11 is 5.89. The van der Waals surface area contributed by atoms with Crippen LogP contribution in [0.15, 0.2) is 60.7 Å². The zero-order chi connectivity index (χ0) is 17.1. The SMILES string of the molecule is Cc1cc(Cl)ccc1NC(=O)C(=O)Nc1cccc2ccccc12. The van der Waals surface area contributed by atoms with Crippen molar-refractivity contribution < 1.29 is 9.59 Å². The van der Waals surface area contributed by atoms with Crippen LogP contribution in [0, 0.1) is 6.92 Å². The average Bonchev–Trinajstić information content (AvgIpc) is 2.57. The molecule has 3 rings (SSSR count). The van der Waals surface area contributed by atoms with Crippen molar-refractivity contribution in [2.45, 2.75) is 6.92 Å². The van der Waals surface area contributed by atoms with Gasteiger partial charge in [-0.05, 0) is 42.1 Å². The van der Waals surface area contributed by atoms with E-state index in [1.165, 1.54) is 0 Å². The largest absolute Gasteiger partial charge is 0.318 e. The molecule has 0 atom stereocenters. The predicted molar refractivity (Wildman–Crippen MR) is 97.4 cm³/mol. The van der Waals surface area contributed by atoms with Crippen molar-refractivity contribution >= 4 is 45.6 Å². The molecule has 0 unspecified atom stereocenters. The fraction of sp³-hybridized carbons (Fsp3) is 0.0526. The van der Waals surface area contributed by atoms with E-state index in [9.17, 15) is 9.59 Å². The number of halogens is 1. The smallest absolute Gasteiger partial charge is 0.314 e. The van der Waals surface area contributed by atoms with Gasteiger partial charge in [0.15, 0.2) is 0 Å². The van der Waals surface area contributed by atoms with Gasteiger partial charge in [0.25, 0.3) is 0 Å². The molecule has 0 saturated heterocycles. The van der Waals surface area contributed by atoms with Crippen molar-refractivity contribution in [1.29, 1.82) is 0 Å². The molecule has 24 heavy (non-hydrogen) atoms. The Morgan fingerprint density at radius 1 is 0.833 bits per heavy atom. The lowest BCUT2D eigenvalue weighted by Gasteiger charge is -2.10. The second-order valence-corrected chi connectivity index (χ2v) is 5.83. The zero-order valence-electron chi connectivity index (χ0n) is 13.0. The van der Waals surface area contributed by atoms with E-state index >= 15 is 0 Å². The molecule has 5 heteroatoms. The Kier molecular flexibility index (Phi) is 4.49. The lowest BCUT2D eigenvalue weighted by Crippen LogP contribution is -2.29. The summed E-state index contributed by atoms with van der Waals surface area (Å²) in [7, 11) is 0. The van der Waals surface area contributed by atoms with Gasteiger partial charge in [0.2, 0.25) is 0 Å². The van der Waals surface area contributed by atoms with E-state index in [4.69, 9.17) is 11.6 Å². The maximum absolute atomic E-state index is 12.2. The number of hydrogen-bond acceptors (Lipinski definition) is 2. The van der Waals surface area contributed by atoms with Crippen LogP contribution in [0.3, 0.4) is 0 Å². The van der Waals surface area contributed by atoms with Gasteiger partial charge in [0.05, 0.1) is 0 Å². The van der Waals surface area contributed by atoms with Gasteiger partial charge in [-0.2, -0.15) is 0 Å². The summed E-state index contributed by atoms with van der Waals surface area (Å²) in [6, 6.07) is 18.2. The molecule has 0 bridgehead atoms. The molecule has 0 fully saturated rings. The van der Waals surface area contributed by atoms with Crippen LogP contribution in [0.1, 0.15) is 5.56 Å². The Bertz CT molecular complexity index is 932. The molecule has 0 saturated carbocycles. The van der Waals surface area contributed by atoms with E-state index < -0.39 is 11.8 Å². The molecule has 0 aromatic heterocycles. The van der Waals surface area contributed by atoms with Crippen molar-refractivity contribution in [2.75, 3.05) is 10.6 Å². The lowest BCUT2D eigenvalue weighted by molar-refractivity contribution is -0.132. The summed E-state index contributed by atoms with van der Waals surface area (Å²) in [5, 5.41) is 7.70. The third kappa shape index (κ3) is 3.39. The van der Waals surface area contributed by atoms with E-state index in [1.807, 2.05) is 43.3 Å². The van der Waals surface area contributed by atoms with Crippen molar-refractivity contribution in [3.05, 3.63) is 71.2 Å². The topological polar surface area (TPSA) is 58.2 Å². The highest BCUT2D eigenvalue weighted by Gasteiger charge is 2.16. The second kappa shape index (κ2) is 6.72. The minimum absolute atomic E-state index is 0.553. The number of benzene rings is 3. The first kappa shape index (κ1) is 16.0. The van der Waals surface area contributed by atoms with Crippen molar-refractivity contribution in [2.24, 2.45) is 0 Å². The van der Waals surface area contributed by atoms with Crippen LogP contribution < -0.4 is 10.6 Å². The van der Waals surface area contributed by atoms with E-state index in [1.54, 1.807) is 24.3 Å². The highest BCUT2D eigenvalue weighted by molar-refractivity contribution is 6.44. The van der Waals surface area contributed by atoms with Gasteiger partial charge in [-0.1, -0.05) is 48.0 Å². The Morgan fingerprint density at radius 2 is 1.50 bits per heavy atom. The van der Waals surface area contributed by atoms with Gasteiger partial charge in [0, 0.05) is 21.8 Å². The summed E-state index contributed by atoms with van der Waals surface area (Å²) in [4.78, 5) is 24.3. The number of carbonyl (C=O) groups is 2. The third-order valence-electron chi connectivity index (χ3n) is 3.68. The number of nitrogens with one attached hydrogen (secondary N) is 2. The average molecular weight is 339 g/mol. The number of fused-ring (bicyclic) bond motifs is 1. The first-order valence-electron chi connectivity index (χ1n) is 7.41. The number of rotatable bonds is 2. The molecule has 0 radical (unpaired) electrons. The number of hydrogen-bond donors (Lipinski definition) is 2. The Labute approximate surface area is 144 Å². The quantitative estimate of drug-likeness (QED) is 0.681. The molecule has 0 spiro atoms. The number of anilines is 2. The maximum atomic E-state index is 12.2. The lowest BCUT2D eigenvalue weighted by atomic mass is 10.1. The monoisotopic (exact) mass is 338 g/mol. The summed E-state index contributed by atoms with van der Waals surface area (Å²) in [5.41, 5.74) is 1.94. The van der Waals surface area contributed by atoms with Gasteiger partial charge in [0.1, 0.15) is 0 Å². The molecule has 0 aliphatic carbocycles. The fourth-order valence-corrected chi connectivity index (χ4v) is 2.69. The van der Waals surface area contributed by atoms with E-state index in [-0.39, 0.29) is 0 Å². The van der Waals surface area contributed by atoms with E-state index in [2.05, 4.69) is 10.6 Å². The predicted octanol–water partition coefficient (Wildman–Crippen LogP) is 4.38. The first-order chi connectivity index (χ1) is 11.5. The zero-order valence-corrected chi connectivity index (χ0v) is 13.7. The molecule has 3 aromatic carbocycles. The fourth-order valence-electron chi connectivity index (χ4n) is 2.46. The Balaban J connectivity index is 1.77. The summed E-state index contributed by atoms with van der Waals surface area (Å²) < 4.78 is 0. The number of aryl methyl sites for hydroxylation is 1. The van der Waals surface area contributed by atoms with Gasteiger partial charge in [-0.25, -0.2) is 0 Å². The maximum Gasteiger partial charge on any atom is 0.314 e. The Morgan fingerprint density at radius 3 is 2.25 bits per heavy atom. The van der Waals surface area contributed by atoms with Crippen LogP contribution in [0.2, 0.25) is 5.02 Å². The van der Waals surface area contributed by atoms with Gasteiger partial charge in [-0.3, -0.25) is 9.59 Å². The summed E-state index contributed by atoms with van der Waals surface area (Å²) in [5.74, 6) is -1.45. The van der Waals surface area contributed by atoms with Crippen molar-refractivity contribution in [3.63, 3.8) is 0 Å². The molecular formula is C19H15ClN2O2. The molecule has 0 aliphatic rings. The van der Waals surface area contributed by atoms with Crippen molar-refractivity contribution in [3.8, 4) is 0 Å². The molecule has 3 aromatic rings. The minimum Gasteiger partial charge on any atom is -0.318 e. The molecule has 2 amide bonds. The standard InChI is InChI=1S/C19H15ClN2O2/c1-12-11-14(20)9-10-16(12)21-18(23)19(24)22-17-8-4-6-13-5-2-3-7-15(13)17/h2-11H,1H3,(H,21,23)(H,22,24). The van der Waals surface area contributed by atoms with Crippen molar-refractivity contribution in [1.82, 2.24) is 0 Å². The molecule has 4 nitrogen and oxygen atoms in total. The van der Waals surface area contributed by atoms with Crippen LogP contribution in [-0.4, -0.2) is 11.8 Å². The first-order valence-corrected chi connectivity index (χ1v) is 7.78. The van der Waals surface area contributed by atoms with Crippen LogP contribution >= 0.6 is 11.6 Å². The molecule has 2 N–H and O–H groups in total. The second-order valence-electron chi connectivity index (χ2n) is 5.39. The number of carbonyl (C=O) groups excluding carboxylic acids is 2. The molecule has 0 aliphatic heterocycles. The van der Waals surface area contributed by atoms with Crippen LogP contribution in [0.4, 0.5) is 11.4 Å². The molecule has 0 heterocycles. The number of amides is 2. The van der Waals surface area contributed by atoms with Gasteiger partial charge >= 0.3 is 11.8 Å². The normalized spacial score (nSPS) is 10.4. The highest BCUT2D eigenvalue weighted by Crippen LogP contribution is 2.23. The van der Waals surface area contributed by atoms with Gasteiger partial charge in [-0.15, -0.1) is 0 Å². The van der Waals surface area contributed by atoms with E-state index in [0.29, 0.717) is 16.4 Å². The van der Waals surface area contributed by atoms with Crippen LogP contribution in [-0.2, 0) is 9.59 Å². The molecular weight excluding hydrogens is 324 g/mol. The summed E-state index contributed by atoms with van der Waals surface area (Å²) in [6.07, 6.45) is 0. The third-order valence-corrected chi connectivity index (χ3v) is 3.92. The van der Waals surface area contributed by atoms with Gasteiger partial charge < -0.3 is 10.6 Å².